The third-order valence-corrected chi connectivity index (χ3v) is 5.17. The first-order valence-corrected chi connectivity index (χ1v) is 9.25. The topological polar surface area (TPSA) is 86.6 Å². The third-order valence-electron chi connectivity index (χ3n) is 4.15. The smallest absolute Gasteiger partial charge is 0.313 e. The van der Waals surface area contributed by atoms with Crippen LogP contribution in [0.15, 0.2) is 11.2 Å². The maximum Gasteiger partial charge on any atom is 0.313 e. The molecule has 0 aromatic carbocycles. The van der Waals surface area contributed by atoms with Crippen molar-refractivity contribution in [3.05, 3.63) is 11.2 Å². The molecule has 130 valence electrons. The molecule has 3 rings (SSSR count). The molecule has 0 radical (unpaired) electrons. The van der Waals surface area contributed by atoms with Gasteiger partial charge in [-0.3, -0.25) is 9.59 Å². The Balaban J connectivity index is 1.68. The standard InChI is InChI=1S/C15H19ClN4O3S/c1-9-7-19(4-5-20(9)14(23)10-2-3-10)12-6-11(16)17-15(18-12)24-8-13(21)22/h6,9-10H,2-5,7-8H2,1H3,(H,21,22)/t9-/m1/s1. The summed E-state index contributed by atoms with van der Waals surface area (Å²) in [5.41, 5.74) is 0. The summed E-state index contributed by atoms with van der Waals surface area (Å²) >= 11 is 7.09. The van der Waals surface area contributed by atoms with Crippen molar-refractivity contribution in [2.75, 3.05) is 30.3 Å². The minimum Gasteiger partial charge on any atom is -0.481 e. The number of nitrogens with zero attached hydrogens (tertiary/aromatic N) is 4. The van der Waals surface area contributed by atoms with Crippen molar-refractivity contribution in [1.82, 2.24) is 14.9 Å². The Morgan fingerprint density at radius 1 is 1.38 bits per heavy atom. The third kappa shape index (κ3) is 4.10. The van der Waals surface area contributed by atoms with E-state index in [4.69, 9.17) is 16.7 Å². The SMILES string of the molecule is C[C@@H]1CN(c2cc(Cl)nc(SCC(=O)O)n2)CCN1C(=O)C1CC1. The minimum atomic E-state index is -0.925. The number of anilines is 1. The molecule has 1 aromatic rings. The zero-order valence-corrected chi connectivity index (χ0v) is 14.9. The van der Waals surface area contributed by atoms with Gasteiger partial charge in [0.1, 0.15) is 11.0 Å². The van der Waals surface area contributed by atoms with Crippen LogP contribution in [0.25, 0.3) is 0 Å². The number of aliphatic carboxylic acids is 1. The highest BCUT2D eigenvalue weighted by molar-refractivity contribution is 7.99. The first-order valence-electron chi connectivity index (χ1n) is 7.88. The van der Waals surface area contributed by atoms with Crippen LogP contribution < -0.4 is 4.90 Å². The summed E-state index contributed by atoms with van der Waals surface area (Å²) in [7, 11) is 0. The molecule has 1 N–H and O–H groups in total. The number of carboxylic acid groups (broad SMARTS) is 1. The lowest BCUT2D eigenvalue weighted by molar-refractivity contribution is -0.135. The lowest BCUT2D eigenvalue weighted by Crippen LogP contribution is -2.54. The van der Waals surface area contributed by atoms with E-state index in [1.165, 1.54) is 0 Å². The normalized spacial score (nSPS) is 21.0. The second-order valence-electron chi connectivity index (χ2n) is 6.11. The van der Waals surface area contributed by atoms with Crippen LogP contribution in [0, 0.1) is 5.92 Å². The fraction of sp³-hybridized carbons (Fsp3) is 0.600. The van der Waals surface area contributed by atoms with Gasteiger partial charge in [0, 0.05) is 37.7 Å². The van der Waals surface area contributed by atoms with E-state index in [0.29, 0.717) is 30.6 Å². The number of rotatable bonds is 5. The Kier molecular flexibility index (Phi) is 5.15. The fourth-order valence-corrected chi connectivity index (χ4v) is 3.60. The Hall–Kier alpha value is -1.54. The van der Waals surface area contributed by atoms with Crippen LogP contribution in [0.4, 0.5) is 5.82 Å². The summed E-state index contributed by atoms with van der Waals surface area (Å²) in [5.74, 6) is 0.131. The van der Waals surface area contributed by atoms with E-state index < -0.39 is 5.97 Å². The Bertz CT molecular complexity index is 656. The highest BCUT2D eigenvalue weighted by Crippen LogP contribution is 2.32. The number of amides is 1. The second-order valence-corrected chi connectivity index (χ2v) is 7.44. The van der Waals surface area contributed by atoms with Crippen LogP contribution in [0.3, 0.4) is 0 Å². The Morgan fingerprint density at radius 3 is 2.75 bits per heavy atom. The van der Waals surface area contributed by atoms with Gasteiger partial charge in [0.15, 0.2) is 5.16 Å². The highest BCUT2D eigenvalue weighted by Gasteiger charge is 2.37. The molecule has 2 heterocycles. The van der Waals surface area contributed by atoms with Crippen LogP contribution in [0.5, 0.6) is 0 Å². The van der Waals surface area contributed by atoms with Crippen molar-refractivity contribution < 1.29 is 14.7 Å². The molecule has 0 spiro atoms. The predicted octanol–water partition coefficient (Wildman–Crippen LogP) is 1.75. The van der Waals surface area contributed by atoms with Gasteiger partial charge < -0.3 is 14.9 Å². The number of aromatic nitrogens is 2. The summed E-state index contributed by atoms with van der Waals surface area (Å²) in [6, 6.07) is 1.79. The summed E-state index contributed by atoms with van der Waals surface area (Å²) in [4.78, 5) is 35.5. The molecular formula is C15H19ClN4O3S. The molecule has 24 heavy (non-hydrogen) atoms. The van der Waals surface area contributed by atoms with Crippen molar-refractivity contribution in [1.29, 1.82) is 0 Å². The molecule has 1 atom stereocenters. The van der Waals surface area contributed by atoms with E-state index in [0.717, 1.165) is 24.6 Å². The van der Waals surface area contributed by atoms with Crippen LogP contribution in [-0.4, -0.2) is 63.3 Å². The van der Waals surface area contributed by atoms with Crippen LogP contribution >= 0.6 is 23.4 Å². The molecule has 1 saturated carbocycles. The van der Waals surface area contributed by atoms with Crippen LogP contribution in [-0.2, 0) is 9.59 Å². The van der Waals surface area contributed by atoms with Crippen LogP contribution in [0.2, 0.25) is 5.15 Å². The number of carboxylic acids is 1. The predicted molar refractivity (Wildman–Crippen MR) is 91.5 cm³/mol. The van der Waals surface area contributed by atoms with Gasteiger partial charge in [0.25, 0.3) is 0 Å². The van der Waals surface area contributed by atoms with Gasteiger partial charge in [0.05, 0.1) is 5.75 Å². The maximum absolute atomic E-state index is 12.3. The van der Waals surface area contributed by atoms with Gasteiger partial charge in [-0.25, -0.2) is 9.97 Å². The lowest BCUT2D eigenvalue weighted by Gasteiger charge is -2.40. The van der Waals surface area contributed by atoms with Gasteiger partial charge in [0.2, 0.25) is 5.91 Å². The van der Waals surface area contributed by atoms with Crippen molar-refractivity contribution in [3.63, 3.8) is 0 Å². The van der Waals surface area contributed by atoms with Gasteiger partial charge >= 0.3 is 5.97 Å². The van der Waals surface area contributed by atoms with Gasteiger partial charge in [-0.2, -0.15) is 0 Å². The highest BCUT2D eigenvalue weighted by atomic mass is 35.5. The number of hydrogen-bond donors (Lipinski definition) is 1. The molecule has 7 nitrogen and oxygen atoms in total. The summed E-state index contributed by atoms with van der Waals surface area (Å²) < 4.78 is 0. The van der Waals surface area contributed by atoms with E-state index in [1.807, 2.05) is 11.8 Å². The van der Waals surface area contributed by atoms with Crippen molar-refractivity contribution in [2.45, 2.75) is 31.0 Å². The number of hydrogen-bond acceptors (Lipinski definition) is 6. The lowest BCUT2D eigenvalue weighted by atomic mass is 10.1. The molecule has 1 amide bonds. The molecule has 1 saturated heterocycles. The molecule has 1 aliphatic carbocycles. The van der Waals surface area contributed by atoms with Crippen molar-refractivity contribution in [2.24, 2.45) is 5.92 Å². The molecule has 1 aromatic heterocycles. The first kappa shape index (κ1) is 17.3. The van der Waals surface area contributed by atoms with E-state index in [9.17, 15) is 9.59 Å². The number of carbonyl (C=O) groups excluding carboxylic acids is 1. The average molecular weight is 371 g/mol. The molecule has 9 heteroatoms. The Labute approximate surface area is 149 Å². The molecule has 2 aliphatic rings. The maximum atomic E-state index is 12.3. The largest absolute Gasteiger partial charge is 0.481 e. The second kappa shape index (κ2) is 7.14. The monoisotopic (exact) mass is 370 g/mol. The van der Waals surface area contributed by atoms with E-state index >= 15 is 0 Å². The summed E-state index contributed by atoms with van der Waals surface area (Å²) in [5, 5.41) is 9.41. The van der Waals surface area contributed by atoms with Gasteiger partial charge in [-0.15, -0.1) is 0 Å². The number of carbonyl (C=O) groups is 2. The molecule has 0 unspecified atom stereocenters. The number of piperazine rings is 1. The number of halogens is 1. The fourth-order valence-electron chi connectivity index (χ4n) is 2.80. The molecule has 1 aliphatic heterocycles. The van der Waals surface area contributed by atoms with E-state index in [2.05, 4.69) is 14.9 Å². The van der Waals surface area contributed by atoms with Gasteiger partial charge in [-0.1, -0.05) is 23.4 Å². The summed E-state index contributed by atoms with van der Waals surface area (Å²) in [6.07, 6.45) is 2.02. The Morgan fingerprint density at radius 2 is 2.12 bits per heavy atom. The first-order chi connectivity index (χ1) is 11.4. The minimum absolute atomic E-state index is 0.107. The summed E-state index contributed by atoms with van der Waals surface area (Å²) in [6.45, 7) is 4.05. The molecular weight excluding hydrogens is 352 g/mol. The molecule has 2 fully saturated rings. The van der Waals surface area contributed by atoms with E-state index in [-0.39, 0.29) is 28.8 Å². The van der Waals surface area contributed by atoms with Crippen molar-refractivity contribution in [3.8, 4) is 0 Å². The zero-order valence-electron chi connectivity index (χ0n) is 13.3. The zero-order chi connectivity index (χ0) is 17.3. The quantitative estimate of drug-likeness (QED) is 0.480. The van der Waals surface area contributed by atoms with Crippen molar-refractivity contribution >= 4 is 41.1 Å². The van der Waals surface area contributed by atoms with Gasteiger partial charge in [-0.05, 0) is 19.8 Å². The average Bonchev–Trinajstić information content (AvgIpc) is 3.36. The van der Waals surface area contributed by atoms with Crippen LogP contribution in [0.1, 0.15) is 19.8 Å². The number of thioether (sulfide) groups is 1. The van der Waals surface area contributed by atoms with E-state index in [1.54, 1.807) is 6.07 Å². The molecule has 0 bridgehead atoms.